The molecule has 0 aliphatic heterocycles. The molecule has 2 N–H and O–H groups in total. The van der Waals surface area contributed by atoms with Gasteiger partial charge in [-0.1, -0.05) is 30.3 Å². The van der Waals surface area contributed by atoms with Crippen LogP contribution in [0.5, 0.6) is 0 Å². The first-order valence-electron chi connectivity index (χ1n) is 6.25. The fourth-order valence-electron chi connectivity index (χ4n) is 1.75. The molecule has 0 saturated heterocycles. The number of amides is 1. The van der Waals surface area contributed by atoms with Gasteiger partial charge in [0.25, 0.3) is 5.91 Å². The molecule has 0 spiro atoms. The van der Waals surface area contributed by atoms with E-state index >= 15 is 0 Å². The largest absolute Gasteiger partial charge is 0.378 e. The van der Waals surface area contributed by atoms with Crippen molar-refractivity contribution in [2.24, 2.45) is 0 Å². The van der Waals surface area contributed by atoms with E-state index < -0.39 is 16.9 Å². The standard InChI is InChI=1S/C13H14N4O4/c18-12(10-4-2-1-3-5-10)13(19)14-6-7-16-9-11(8-15-16)17(20)21/h1-5,8-9,12,18H,6-7H2,(H,14,19). The second-order valence-corrected chi connectivity index (χ2v) is 4.32. The highest BCUT2D eigenvalue weighted by molar-refractivity contribution is 5.81. The van der Waals surface area contributed by atoms with Crippen LogP contribution in [0.25, 0.3) is 0 Å². The van der Waals surface area contributed by atoms with Crippen LogP contribution in [0.4, 0.5) is 5.69 Å². The molecule has 0 aliphatic rings. The minimum Gasteiger partial charge on any atom is -0.378 e. The first-order valence-corrected chi connectivity index (χ1v) is 6.25. The van der Waals surface area contributed by atoms with Crippen molar-refractivity contribution in [1.82, 2.24) is 15.1 Å². The van der Waals surface area contributed by atoms with E-state index in [1.807, 2.05) is 0 Å². The minimum atomic E-state index is -1.24. The maximum absolute atomic E-state index is 11.7. The van der Waals surface area contributed by atoms with Gasteiger partial charge < -0.3 is 10.4 Å². The Morgan fingerprint density at radius 2 is 2.14 bits per heavy atom. The fourth-order valence-corrected chi connectivity index (χ4v) is 1.75. The quantitative estimate of drug-likeness (QED) is 0.599. The molecule has 0 saturated carbocycles. The van der Waals surface area contributed by atoms with E-state index in [0.29, 0.717) is 5.56 Å². The molecule has 21 heavy (non-hydrogen) atoms. The van der Waals surface area contributed by atoms with Crippen LogP contribution in [-0.4, -0.2) is 32.3 Å². The number of aliphatic hydroxyl groups excluding tert-OH is 1. The summed E-state index contributed by atoms with van der Waals surface area (Å²) in [7, 11) is 0. The van der Waals surface area contributed by atoms with Crippen LogP contribution >= 0.6 is 0 Å². The lowest BCUT2D eigenvalue weighted by atomic mass is 10.1. The maximum Gasteiger partial charge on any atom is 0.306 e. The Morgan fingerprint density at radius 3 is 2.76 bits per heavy atom. The van der Waals surface area contributed by atoms with E-state index in [1.165, 1.54) is 10.9 Å². The van der Waals surface area contributed by atoms with Crippen molar-refractivity contribution in [1.29, 1.82) is 0 Å². The van der Waals surface area contributed by atoms with Crippen LogP contribution in [0, 0.1) is 10.1 Å². The van der Waals surface area contributed by atoms with E-state index in [1.54, 1.807) is 30.3 Å². The molecule has 2 aromatic rings. The monoisotopic (exact) mass is 290 g/mol. The lowest BCUT2D eigenvalue weighted by molar-refractivity contribution is -0.385. The van der Waals surface area contributed by atoms with Crippen LogP contribution in [-0.2, 0) is 11.3 Å². The summed E-state index contributed by atoms with van der Waals surface area (Å²) in [6.07, 6.45) is 1.18. The Kier molecular flexibility index (Phi) is 4.62. The number of carbonyl (C=O) groups excluding carboxylic acids is 1. The highest BCUT2D eigenvalue weighted by Gasteiger charge is 2.16. The van der Waals surface area contributed by atoms with Gasteiger partial charge in [0.05, 0.1) is 11.5 Å². The second kappa shape index (κ2) is 6.62. The van der Waals surface area contributed by atoms with Gasteiger partial charge in [-0.2, -0.15) is 5.10 Å². The summed E-state index contributed by atoms with van der Waals surface area (Å²) in [4.78, 5) is 21.7. The number of carbonyl (C=O) groups is 1. The van der Waals surface area contributed by atoms with Crippen molar-refractivity contribution in [3.63, 3.8) is 0 Å². The highest BCUT2D eigenvalue weighted by Crippen LogP contribution is 2.11. The van der Waals surface area contributed by atoms with E-state index in [4.69, 9.17) is 0 Å². The zero-order chi connectivity index (χ0) is 15.2. The molecule has 1 atom stereocenters. The Balaban J connectivity index is 1.82. The fraction of sp³-hybridized carbons (Fsp3) is 0.231. The van der Waals surface area contributed by atoms with Crippen molar-refractivity contribution >= 4 is 11.6 Å². The predicted molar refractivity (Wildman–Crippen MR) is 73.3 cm³/mol. The number of aromatic nitrogens is 2. The summed E-state index contributed by atoms with van der Waals surface area (Å²) < 4.78 is 1.35. The van der Waals surface area contributed by atoms with Gasteiger partial charge >= 0.3 is 5.69 Å². The maximum atomic E-state index is 11.7. The Bertz CT molecular complexity index is 626. The molecule has 0 aliphatic carbocycles. The summed E-state index contributed by atoms with van der Waals surface area (Å²) in [5.41, 5.74) is 0.398. The Morgan fingerprint density at radius 1 is 1.43 bits per heavy atom. The zero-order valence-corrected chi connectivity index (χ0v) is 11.0. The molecule has 1 amide bonds. The first-order chi connectivity index (χ1) is 10.1. The molecule has 8 nitrogen and oxygen atoms in total. The van der Waals surface area contributed by atoms with Crippen LogP contribution < -0.4 is 5.32 Å². The van der Waals surface area contributed by atoms with Gasteiger partial charge in [0, 0.05) is 6.54 Å². The third-order valence-corrected chi connectivity index (χ3v) is 2.83. The lowest BCUT2D eigenvalue weighted by Crippen LogP contribution is -2.32. The van der Waals surface area contributed by atoms with Gasteiger partial charge in [-0.05, 0) is 5.56 Å². The molecular formula is C13H14N4O4. The molecular weight excluding hydrogens is 276 g/mol. The smallest absolute Gasteiger partial charge is 0.306 e. The summed E-state index contributed by atoms with van der Waals surface area (Å²) >= 11 is 0. The number of aliphatic hydroxyl groups is 1. The third kappa shape index (κ3) is 3.86. The van der Waals surface area contributed by atoms with Crippen LogP contribution in [0.2, 0.25) is 0 Å². The molecule has 1 aromatic heterocycles. The van der Waals surface area contributed by atoms with Crippen LogP contribution in [0.1, 0.15) is 11.7 Å². The number of hydrogen-bond donors (Lipinski definition) is 2. The van der Waals surface area contributed by atoms with Crippen molar-refractivity contribution in [2.75, 3.05) is 6.54 Å². The summed E-state index contributed by atoms with van der Waals surface area (Å²) in [6, 6.07) is 8.56. The van der Waals surface area contributed by atoms with E-state index in [2.05, 4.69) is 10.4 Å². The van der Waals surface area contributed by atoms with Gasteiger partial charge in [-0.15, -0.1) is 0 Å². The molecule has 0 radical (unpaired) electrons. The number of rotatable bonds is 6. The van der Waals surface area contributed by atoms with Crippen molar-refractivity contribution < 1.29 is 14.8 Å². The SMILES string of the molecule is O=C(NCCn1cc([N+](=O)[O-])cn1)C(O)c1ccccc1. The van der Waals surface area contributed by atoms with Gasteiger partial charge in [0.1, 0.15) is 12.4 Å². The first kappa shape index (κ1) is 14.7. The molecule has 0 bridgehead atoms. The van der Waals surface area contributed by atoms with Crippen molar-refractivity contribution in [3.8, 4) is 0 Å². The Hall–Kier alpha value is -2.74. The number of hydrogen-bond acceptors (Lipinski definition) is 5. The molecule has 2 rings (SSSR count). The molecule has 1 unspecified atom stereocenters. The van der Waals surface area contributed by atoms with Crippen molar-refractivity contribution in [2.45, 2.75) is 12.6 Å². The zero-order valence-electron chi connectivity index (χ0n) is 11.0. The topological polar surface area (TPSA) is 110 Å². The van der Waals surface area contributed by atoms with E-state index in [9.17, 15) is 20.0 Å². The number of benzene rings is 1. The third-order valence-electron chi connectivity index (χ3n) is 2.83. The molecule has 110 valence electrons. The molecule has 0 fully saturated rings. The summed E-state index contributed by atoms with van der Waals surface area (Å²) in [5.74, 6) is -0.525. The average molecular weight is 290 g/mol. The summed E-state index contributed by atoms with van der Waals surface area (Å²) in [5, 5.41) is 26.7. The normalized spacial score (nSPS) is 11.9. The average Bonchev–Trinajstić information content (AvgIpc) is 2.96. The number of nitrogens with zero attached hydrogens (tertiary/aromatic N) is 3. The van der Waals surface area contributed by atoms with Gasteiger partial charge in [0.2, 0.25) is 0 Å². The van der Waals surface area contributed by atoms with E-state index in [-0.39, 0.29) is 18.8 Å². The molecule has 1 heterocycles. The minimum absolute atomic E-state index is 0.106. The second-order valence-electron chi connectivity index (χ2n) is 4.32. The van der Waals surface area contributed by atoms with Crippen LogP contribution in [0.3, 0.4) is 0 Å². The number of nitrogens with one attached hydrogen (secondary N) is 1. The molecule has 1 aromatic carbocycles. The number of nitro groups is 1. The summed E-state index contributed by atoms with van der Waals surface area (Å²) in [6.45, 7) is 0.489. The van der Waals surface area contributed by atoms with Crippen LogP contribution in [0.15, 0.2) is 42.7 Å². The highest BCUT2D eigenvalue weighted by atomic mass is 16.6. The van der Waals surface area contributed by atoms with Gasteiger partial charge in [0.15, 0.2) is 6.10 Å². The van der Waals surface area contributed by atoms with Crippen molar-refractivity contribution in [3.05, 3.63) is 58.4 Å². The molecule has 8 heteroatoms. The Labute approximate surface area is 120 Å². The predicted octanol–water partition coefficient (Wildman–Crippen LogP) is 0.641. The van der Waals surface area contributed by atoms with E-state index in [0.717, 1.165) is 6.20 Å². The lowest BCUT2D eigenvalue weighted by Gasteiger charge is -2.11. The van der Waals surface area contributed by atoms with Gasteiger partial charge in [-0.25, -0.2) is 0 Å². The van der Waals surface area contributed by atoms with Gasteiger partial charge in [-0.3, -0.25) is 19.6 Å².